The van der Waals surface area contributed by atoms with Crippen LogP contribution in [-0.2, 0) is 11.2 Å². The van der Waals surface area contributed by atoms with Crippen LogP contribution in [0.5, 0.6) is 11.6 Å². The molecule has 2 heterocycles. The van der Waals surface area contributed by atoms with Crippen LogP contribution in [-0.4, -0.2) is 40.3 Å². The van der Waals surface area contributed by atoms with Gasteiger partial charge in [-0.2, -0.15) is 0 Å². The number of H-pyrrole nitrogens is 1. The number of rotatable bonds is 9. The van der Waals surface area contributed by atoms with E-state index in [1.54, 1.807) is 11.0 Å². The van der Waals surface area contributed by atoms with Crippen molar-refractivity contribution in [3.63, 3.8) is 0 Å². The molecule has 2 N–H and O–H groups in total. The molecular formula is C25H27ClN2O5S. The molecule has 0 aliphatic carbocycles. The van der Waals surface area contributed by atoms with Gasteiger partial charge in [0.25, 0.3) is 0 Å². The lowest BCUT2D eigenvalue weighted by molar-refractivity contribution is 0.115. The van der Waals surface area contributed by atoms with E-state index < -0.39 is 0 Å². The molecule has 0 spiro atoms. The molecule has 0 saturated carbocycles. The van der Waals surface area contributed by atoms with Gasteiger partial charge in [0.05, 0.1) is 17.5 Å². The van der Waals surface area contributed by atoms with E-state index in [1.165, 1.54) is 0 Å². The van der Waals surface area contributed by atoms with E-state index in [2.05, 4.69) is 18.8 Å². The van der Waals surface area contributed by atoms with Crippen LogP contribution >= 0.6 is 22.9 Å². The summed E-state index contributed by atoms with van der Waals surface area (Å²) in [5.74, 6) is 0.971. The highest BCUT2D eigenvalue weighted by Gasteiger charge is 2.37. The van der Waals surface area contributed by atoms with Gasteiger partial charge in [-0.05, 0) is 47.7 Å². The molecule has 2 aromatic carbocycles. The topological polar surface area (TPSA) is 91.9 Å². The Labute approximate surface area is 206 Å². The molecule has 0 bridgehead atoms. The molecule has 2 atom stereocenters. The molecule has 0 radical (unpaired) electrons. The quantitative estimate of drug-likeness (QED) is 0.410. The number of nitrogens with one attached hydrogen (secondary N) is 1. The zero-order valence-corrected chi connectivity index (χ0v) is 20.6. The number of ether oxygens (including phenoxy) is 2. The number of hydrogen-bond acceptors (Lipinski definition) is 6. The van der Waals surface area contributed by atoms with Crippen molar-refractivity contribution in [2.45, 2.75) is 38.8 Å². The highest BCUT2D eigenvalue weighted by atomic mass is 35.5. The van der Waals surface area contributed by atoms with Crippen molar-refractivity contribution >= 4 is 29.0 Å². The molecule has 3 aromatic rings. The largest absolute Gasteiger partial charge is 0.494 e. The fraction of sp³-hybridized carbons (Fsp3) is 0.360. The van der Waals surface area contributed by atoms with E-state index in [1.807, 2.05) is 42.5 Å². The van der Waals surface area contributed by atoms with Crippen molar-refractivity contribution < 1.29 is 19.4 Å². The molecule has 1 amide bonds. The molecular weight excluding hydrogens is 476 g/mol. The van der Waals surface area contributed by atoms with Crippen molar-refractivity contribution in [1.82, 2.24) is 9.88 Å². The normalized spacial score (nSPS) is 16.6. The predicted octanol–water partition coefficient (Wildman–Crippen LogP) is 5.37. The van der Waals surface area contributed by atoms with Crippen molar-refractivity contribution in [2.24, 2.45) is 5.92 Å². The second-order valence-electron chi connectivity index (χ2n) is 8.78. The van der Waals surface area contributed by atoms with Gasteiger partial charge in [-0.3, -0.25) is 14.7 Å². The number of aromatic hydroxyl groups is 1. The second-order valence-corrected chi connectivity index (χ2v) is 10.3. The predicted molar refractivity (Wildman–Crippen MR) is 132 cm³/mol. The number of aromatic nitrogens is 1. The summed E-state index contributed by atoms with van der Waals surface area (Å²) in [4.78, 5) is 28.5. The number of hydrogen-bond donors (Lipinski definition) is 2. The second kappa shape index (κ2) is 10.5. The summed E-state index contributed by atoms with van der Waals surface area (Å²) >= 11 is 7.11. The number of carbonyl (C=O) groups is 1. The molecule has 9 heteroatoms. The van der Waals surface area contributed by atoms with Gasteiger partial charge in [0.1, 0.15) is 18.5 Å². The van der Waals surface area contributed by atoms with Crippen molar-refractivity contribution in [3.8, 4) is 11.6 Å². The molecule has 180 valence electrons. The van der Waals surface area contributed by atoms with Gasteiger partial charge in [0.2, 0.25) is 5.88 Å². The average molecular weight is 503 g/mol. The first-order valence-corrected chi connectivity index (χ1v) is 12.3. The van der Waals surface area contributed by atoms with Crippen LogP contribution in [0.25, 0.3) is 0 Å². The summed E-state index contributed by atoms with van der Waals surface area (Å²) in [5.41, 5.74) is 1.82. The van der Waals surface area contributed by atoms with Crippen LogP contribution in [0.1, 0.15) is 42.4 Å². The zero-order valence-electron chi connectivity index (χ0n) is 19.0. The maximum atomic E-state index is 12.7. The fourth-order valence-electron chi connectivity index (χ4n) is 4.04. The van der Waals surface area contributed by atoms with Gasteiger partial charge in [-0.25, -0.2) is 4.79 Å². The number of benzene rings is 2. The van der Waals surface area contributed by atoms with Crippen LogP contribution < -0.4 is 9.61 Å². The number of cyclic esters (lactones) is 1. The van der Waals surface area contributed by atoms with E-state index in [-0.39, 0.29) is 29.0 Å². The van der Waals surface area contributed by atoms with E-state index in [0.717, 1.165) is 28.9 Å². The third kappa shape index (κ3) is 5.93. The number of aromatic amines is 1. The lowest BCUT2D eigenvalue weighted by Crippen LogP contribution is -2.41. The minimum atomic E-state index is -0.360. The first-order chi connectivity index (χ1) is 16.3. The minimum Gasteiger partial charge on any atom is -0.494 e. The smallest absolute Gasteiger partial charge is 0.410 e. The van der Waals surface area contributed by atoms with Crippen LogP contribution in [0.15, 0.2) is 53.3 Å². The summed E-state index contributed by atoms with van der Waals surface area (Å²) in [5, 5.41) is 10.4. The van der Waals surface area contributed by atoms with E-state index >= 15 is 0 Å². The third-order valence-electron chi connectivity index (χ3n) is 5.68. The molecule has 1 fully saturated rings. The molecule has 1 aromatic heterocycles. The highest BCUT2D eigenvalue weighted by Crippen LogP contribution is 2.31. The Bertz CT molecular complexity index is 1190. The van der Waals surface area contributed by atoms with E-state index in [9.17, 15) is 14.7 Å². The maximum Gasteiger partial charge on any atom is 0.410 e. The van der Waals surface area contributed by atoms with Crippen molar-refractivity contribution in [1.29, 1.82) is 0 Å². The molecule has 1 saturated heterocycles. The SMILES string of the molecule is CC(C)C[C@H](COc1ccc(Cc2sc(=O)[nH]c2O)cc1)N1C[C@@H](c2cccc(Cl)c2)OC1=O. The maximum absolute atomic E-state index is 12.7. The lowest BCUT2D eigenvalue weighted by Gasteiger charge is -2.27. The molecule has 1 aliphatic rings. The zero-order chi connectivity index (χ0) is 24.2. The molecule has 7 nitrogen and oxygen atoms in total. The van der Waals surface area contributed by atoms with Crippen LogP contribution in [0.3, 0.4) is 0 Å². The number of amides is 1. The minimum absolute atomic E-state index is 0.0829. The Morgan fingerprint density at radius 3 is 2.65 bits per heavy atom. The number of thiazole rings is 1. The van der Waals surface area contributed by atoms with Gasteiger partial charge in [0.15, 0.2) is 0 Å². The van der Waals surface area contributed by atoms with Crippen LogP contribution in [0.2, 0.25) is 5.02 Å². The Balaban J connectivity index is 1.40. The van der Waals surface area contributed by atoms with Gasteiger partial charge in [-0.1, -0.05) is 61.1 Å². The van der Waals surface area contributed by atoms with Gasteiger partial charge in [-0.15, -0.1) is 0 Å². The first kappa shape index (κ1) is 24.2. The standard InChI is InChI=1S/C25H27ClN2O5S/c1-15(2)10-19(28-13-21(33-25(28)31)17-4-3-5-18(26)12-17)14-32-20-8-6-16(7-9-20)11-22-23(29)27-24(30)34-22/h3-9,12,15,19,21,29H,10-11,13-14H2,1-2H3,(H,27,30)/t19-,21+/m1/s1. The summed E-state index contributed by atoms with van der Waals surface area (Å²) in [6.07, 6.45) is 0.525. The number of halogens is 1. The van der Waals surface area contributed by atoms with Crippen molar-refractivity contribution in [3.05, 3.63) is 79.2 Å². The van der Waals surface area contributed by atoms with E-state index in [0.29, 0.717) is 41.1 Å². The third-order valence-corrected chi connectivity index (χ3v) is 6.78. The monoisotopic (exact) mass is 502 g/mol. The lowest BCUT2D eigenvalue weighted by atomic mass is 10.0. The highest BCUT2D eigenvalue weighted by molar-refractivity contribution is 7.09. The number of carbonyl (C=O) groups excluding carboxylic acids is 1. The van der Waals surface area contributed by atoms with Crippen molar-refractivity contribution in [2.75, 3.05) is 13.2 Å². The van der Waals surface area contributed by atoms with Crippen LogP contribution in [0, 0.1) is 5.92 Å². The molecule has 0 unspecified atom stereocenters. The Kier molecular flexibility index (Phi) is 7.48. The van der Waals surface area contributed by atoms with Gasteiger partial charge >= 0.3 is 11.0 Å². The Hall–Kier alpha value is -2.97. The number of nitrogens with zero attached hydrogens (tertiary/aromatic N) is 1. The van der Waals surface area contributed by atoms with Gasteiger partial charge < -0.3 is 14.6 Å². The molecule has 1 aliphatic heterocycles. The average Bonchev–Trinajstić information content (AvgIpc) is 3.33. The first-order valence-electron chi connectivity index (χ1n) is 11.1. The Morgan fingerprint density at radius 1 is 1.24 bits per heavy atom. The summed E-state index contributed by atoms with van der Waals surface area (Å²) in [6.45, 7) is 5.02. The fourth-order valence-corrected chi connectivity index (χ4v) is 5.00. The van der Waals surface area contributed by atoms with Crippen LogP contribution in [0.4, 0.5) is 4.79 Å². The summed E-state index contributed by atoms with van der Waals surface area (Å²) in [7, 11) is 0. The summed E-state index contributed by atoms with van der Waals surface area (Å²) in [6, 6.07) is 14.7. The summed E-state index contributed by atoms with van der Waals surface area (Å²) < 4.78 is 11.7. The molecule has 4 rings (SSSR count). The van der Waals surface area contributed by atoms with E-state index in [4.69, 9.17) is 21.1 Å². The molecule has 34 heavy (non-hydrogen) atoms. The Morgan fingerprint density at radius 2 is 2.00 bits per heavy atom. The van der Waals surface area contributed by atoms with Gasteiger partial charge in [0, 0.05) is 11.4 Å².